The average Bonchev–Trinajstić information content (AvgIpc) is 3.05. The Morgan fingerprint density at radius 2 is 0.705 bits per heavy atom. The quantitative estimate of drug-likeness (QED) is 0.0805. The molecule has 0 N–H and O–H groups in total. The van der Waals surface area contributed by atoms with Crippen LogP contribution >= 0.6 is 0 Å². The molecule has 0 atom stereocenters. The highest BCUT2D eigenvalue weighted by Gasteiger charge is 2.22. The Morgan fingerprint density at radius 1 is 0.432 bits per heavy atom. The molecule has 0 heterocycles. The van der Waals surface area contributed by atoms with Crippen LogP contribution in [0.15, 0.2) is 48.5 Å². The van der Waals surface area contributed by atoms with Crippen molar-refractivity contribution in [3.05, 3.63) is 94.1 Å². The highest BCUT2D eigenvalue weighted by atomic mass is 19.2. The lowest BCUT2D eigenvalue weighted by Gasteiger charge is -2.24. The zero-order valence-corrected chi connectivity index (χ0v) is 26.8. The van der Waals surface area contributed by atoms with Crippen LogP contribution in [0.3, 0.4) is 0 Å². The molecule has 0 saturated heterocycles. The SMILES string of the molecule is CCCCN(CCCC)c1ccc(C=Cc2c(F)c(F)c(C=Cc3ccc(N(CCCC)CCCC)cc3)c(F)c2F)cc1. The minimum Gasteiger partial charge on any atom is -0.372 e. The first-order valence-electron chi connectivity index (χ1n) is 16.3. The second kappa shape index (κ2) is 18.3. The van der Waals surface area contributed by atoms with Crippen LogP contribution in [0.1, 0.15) is 101 Å². The van der Waals surface area contributed by atoms with Gasteiger partial charge in [-0.05, 0) is 73.2 Å². The number of anilines is 2. The molecule has 44 heavy (non-hydrogen) atoms. The molecular formula is C38H48F4N2. The summed E-state index contributed by atoms with van der Waals surface area (Å²) in [5.41, 5.74) is 2.03. The Kier molecular flexibility index (Phi) is 14.5. The largest absolute Gasteiger partial charge is 0.372 e. The Bertz CT molecular complexity index is 1200. The lowest BCUT2D eigenvalue weighted by atomic mass is 10.0. The molecule has 6 heteroatoms. The van der Waals surface area contributed by atoms with Gasteiger partial charge < -0.3 is 9.80 Å². The summed E-state index contributed by atoms with van der Waals surface area (Å²) in [4.78, 5) is 4.67. The molecule has 0 spiro atoms. The van der Waals surface area contributed by atoms with E-state index in [-0.39, 0.29) is 0 Å². The van der Waals surface area contributed by atoms with Gasteiger partial charge in [0, 0.05) is 37.6 Å². The Balaban J connectivity index is 1.77. The maximum Gasteiger partial charge on any atom is 0.169 e. The van der Waals surface area contributed by atoms with Crippen LogP contribution in [-0.4, -0.2) is 26.2 Å². The predicted octanol–water partition coefficient (Wildman–Crippen LogP) is 11.4. The number of hydrogen-bond acceptors (Lipinski definition) is 2. The zero-order chi connectivity index (χ0) is 31.9. The second-order valence-corrected chi connectivity index (χ2v) is 11.3. The van der Waals surface area contributed by atoms with E-state index in [1.165, 1.54) is 12.2 Å². The van der Waals surface area contributed by atoms with Crippen molar-refractivity contribution in [1.82, 2.24) is 0 Å². The van der Waals surface area contributed by atoms with E-state index in [4.69, 9.17) is 0 Å². The van der Waals surface area contributed by atoms with Crippen molar-refractivity contribution in [2.75, 3.05) is 36.0 Å². The number of hydrogen-bond donors (Lipinski definition) is 0. The van der Waals surface area contributed by atoms with Gasteiger partial charge in [-0.3, -0.25) is 0 Å². The molecule has 238 valence electrons. The third-order valence-corrected chi connectivity index (χ3v) is 7.86. The van der Waals surface area contributed by atoms with Gasteiger partial charge in [0.05, 0.1) is 11.1 Å². The van der Waals surface area contributed by atoms with Crippen LogP contribution in [0.25, 0.3) is 24.3 Å². The minimum absolute atomic E-state index is 0.676. The number of halogens is 4. The molecule has 0 unspecified atom stereocenters. The molecule has 0 aromatic heterocycles. The summed E-state index contributed by atoms with van der Waals surface area (Å²) >= 11 is 0. The smallest absolute Gasteiger partial charge is 0.169 e. The van der Waals surface area contributed by atoms with Crippen molar-refractivity contribution < 1.29 is 17.6 Å². The average molecular weight is 609 g/mol. The molecule has 0 saturated carbocycles. The second-order valence-electron chi connectivity index (χ2n) is 11.3. The summed E-state index contributed by atoms with van der Waals surface area (Å²) in [5, 5.41) is 0. The number of rotatable bonds is 18. The van der Waals surface area contributed by atoms with E-state index in [0.29, 0.717) is 11.1 Å². The summed E-state index contributed by atoms with van der Waals surface area (Å²) in [5.74, 6) is -5.67. The molecule has 0 aliphatic carbocycles. The maximum absolute atomic E-state index is 15.0. The minimum atomic E-state index is -1.42. The normalized spacial score (nSPS) is 11.6. The molecule has 0 bridgehead atoms. The van der Waals surface area contributed by atoms with Gasteiger partial charge in [0.1, 0.15) is 0 Å². The van der Waals surface area contributed by atoms with E-state index in [0.717, 1.165) is 101 Å². The van der Waals surface area contributed by atoms with Crippen molar-refractivity contribution in [3.63, 3.8) is 0 Å². The first-order chi connectivity index (χ1) is 21.3. The van der Waals surface area contributed by atoms with Crippen molar-refractivity contribution in [3.8, 4) is 0 Å². The molecule has 0 fully saturated rings. The molecular weight excluding hydrogens is 560 g/mol. The number of benzene rings is 3. The van der Waals surface area contributed by atoms with Gasteiger partial charge in [0.15, 0.2) is 23.3 Å². The number of nitrogens with zero attached hydrogens (tertiary/aromatic N) is 2. The lowest BCUT2D eigenvalue weighted by molar-refractivity contribution is 0.448. The van der Waals surface area contributed by atoms with Crippen molar-refractivity contribution in [2.24, 2.45) is 0 Å². The van der Waals surface area contributed by atoms with Crippen molar-refractivity contribution in [1.29, 1.82) is 0 Å². The van der Waals surface area contributed by atoms with Gasteiger partial charge in [0.25, 0.3) is 0 Å². The third-order valence-electron chi connectivity index (χ3n) is 7.86. The van der Waals surface area contributed by atoms with E-state index < -0.39 is 34.4 Å². The fourth-order valence-electron chi connectivity index (χ4n) is 5.05. The molecule has 0 aliphatic rings. The van der Waals surface area contributed by atoms with Crippen LogP contribution in [-0.2, 0) is 0 Å². The molecule has 3 aromatic carbocycles. The topological polar surface area (TPSA) is 6.48 Å². The fraction of sp³-hybridized carbons (Fsp3) is 0.421. The predicted molar refractivity (Wildman–Crippen MR) is 181 cm³/mol. The zero-order valence-electron chi connectivity index (χ0n) is 26.8. The van der Waals surface area contributed by atoms with Gasteiger partial charge in [-0.2, -0.15) is 0 Å². The van der Waals surface area contributed by atoms with E-state index >= 15 is 17.6 Å². The van der Waals surface area contributed by atoms with Gasteiger partial charge in [-0.1, -0.05) is 89.8 Å². The van der Waals surface area contributed by atoms with Crippen LogP contribution in [0.2, 0.25) is 0 Å². The van der Waals surface area contributed by atoms with Crippen molar-refractivity contribution >= 4 is 35.7 Å². The van der Waals surface area contributed by atoms with Gasteiger partial charge >= 0.3 is 0 Å². The van der Waals surface area contributed by atoms with Crippen LogP contribution in [0.5, 0.6) is 0 Å². The molecule has 3 rings (SSSR count). The van der Waals surface area contributed by atoms with Gasteiger partial charge in [-0.25, -0.2) is 17.6 Å². The molecule has 3 aromatic rings. The van der Waals surface area contributed by atoms with Crippen LogP contribution in [0, 0.1) is 23.3 Å². The Morgan fingerprint density at radius 3 is 0.955 bits per heavy atom. The summed E-state index contributed by atoms with van der Waals surface area (Å²) in [6.07, 6.45) is 13.9. The summed E-state index contributed by atoms with van der Waals surface area (Å²) < 4.78 is 60.0. The lowest BCUT2D eigenvalue weighted by Crippen LogP contribution is -2.25. The van der Waals surface area contributed by atoms with Gasteiger partial charge in [0.2, 0.25) is 0 Å². The maximum atomic E-state index is 15.0. The van der Waals surface area contributed by atoms with Crippen LogP contribution in [0.4, 0.5) is 28.9 Å². The summed E-state index contributed by atoms with van der Waals surface area (Å²) in [6, 6.07) is 15.2. The molecule has 0 amide bonds. The first-order valence-corrected chi connectivity index (χ1v) is 16.3. The molecule has 0 aliphatic heterocycles. The summed E-state index contributed by atoms with van der Waals surface area (Å²) in [7, 11) is 0. The Labute approximate surface area is 262 Å². The van der Waals surface area contributed by atoms with Gasteiger partial charge in [-0.15, -0.1) is 0 Å². The van der Waals surface area contributed by atoms with E-state index in [1.54, 1.807) is 0 Å². The standard InChI is InChI=1S/C38H48F4N2/c1-5-9-25-43(26-10-6-2)31-19-13-29(14-20-31)17-23-33-35(39)37(41)34(38(42)36(33)40)24-18-30-15-21-32(22-16-30)44(27-11-7-3)28-12-8-4/h13-24H,5-12,25-28H2,1-4H3. The van der Waals surface area contributed by atoms with Crippen LogP contribution < -0.4 is 9.80 Å². The van der Waals surface area contributed by atoms with E-state index in [9.17, 15) is 0 Å². The monoisotopic (exact) mass is 608 g/mol. The molecule has 2 nitrogen and oxygen atoms in total. The third kappa shape index (κ3) is 9.73. The fourth-order valence-corrected chi connectivity index (χ4v) is 5.05. The Hall–Kier alpha value is -3.54. The van der Waals surface area contributed by atoms with E-state index in [2.05, 4.69) is 37.5 Å². The van der Waals surface area contributed by atoms with E-state index in [1.807, 2.05) is 48.5 Å². The number of unbranched alkanes of at least 4 members (excludes halogenated alkanes) is 4. The first kappa shape index (κ1) is 34.9. The van der Waals surface area contributed by atoms with Crippen molar-refractivity contribution in [2.45, 2.75) is 79.1 Å². The highest BCUT2D eigenvalue weighted by Crippen LogP contribution is 2.28. The summed E-state index contributed by atoms with van der Waals surface area (Å²) in [6.45, 7) is 12.5. The molecule has 0 radical (unpaired) electrons. The highest BCUT2D eigenvalue weighted by molar-refractivity contribution is 5.75.